The Hall–Kier alpha value is -5.91. The van der Waals surface area contributed by atoms with Crippen LogP contribution in [-0.4, -0.2) is 102 Å². The number of nitrogens with zero attached hydrogens (tertiary/aromatic N) is 5. The minimum atomic E-state index is -1.16. The van der Waals surface area contributed by atoms with Gasteiger partial charge in [0.25, 0.3) is 0 Å². The molecule has 4 aromatic rings. The summed E-state index contributed by atoms with van der Waals surface area (Å²) in [7, 11) is 2.71. The van der Waals surface area contributed by atoms with E-state index in [1.54, 1.807) is 11.0 Å². The summed E-state index contributed by atoms with van der Waals surface area (Å²) in [6.07, 6.45) is 3.03. The first-order valence-electron chi connectivity index (χ1n) is 20.6. The predicted molar refractivity (Wildman–Crippen MR) is 214 cm³/mol. The monoisotopic (exact) mass is 804 g/mol. The van der Waals surface area contributed by atoms with Crippen LogP contribution in [-0.2, 0) is 27.2 Å². The molecule has 3 aliphatic carbocycles. The Balaban J connectivity index is 0.934. The fourth-order valence-corrected chi connectivity index (χ4v) is 9.90. The fourth-order valence-electron chi connectivity index (χ4n) is 9.90. The quantitative estimate of drug-likeness (QED) is 0.159. The Morgan fingerprint density at radius 3 is 2.19 bits per heavy atom. The van der Waals surface area contributed by atoms with Crippen molar-refractivity contribution in [3.05, 3.63) is 70.2 Å². The van der Waals surface area contributed by atoms with Crippen molar-refractivity contribution in [1.29, 1.82) is 0 Å². The minimum absolute atomic E-state index is 0.0219. The van der Waals surface area contributed by atoms with Gasteiger partial charge in [-0.1, -0.05) is 45.6 Å². The highest BCUT2D eigenvalue weighted by Gasteiger charge is 2.58. The number of aromatic amines is 2. The van der Waals surface area contributed by atoms with Gasteiger partial charge in [-0.05, 0) is 92.0 Å². The molecule has 2 saturated carbocycles. The Morgan fingerprint density at radius 1 is 0.881 bits per heavy atom. The maximum absolute atomic E-state index is 15.6. The van der Waals surface area contributed by atoms with Crippen LogP contribution in [0.4, 0.5) is 14.0 Å². The molecular weight excluding hydrogens is 756 g/mol. The molecule has 0 unspecified atom stereocenters. The summed E-state index contributed by atoms with van der Waals surface area (Å²) in [6, 6.07) is 7.19. The SMILES string of the molecule is COC(=O)N[C@H](C(=O)N1[C@@H]2C[C@H]2C[C@H]1c1nc2c([nH]1)-c1ccc(C#Cc3cc(F)c4nc([C@@H]5C[C@H]6C[C@H]6N5C(=O)[C@H](C(C)C)N(C)C(=O)O)[nH]c4c3)cc1CC2)C(C)C. The maximum atomic E-state index is 15.6. The lowest BCUT2D eigenvalue weighted by Crippen LogP contribution is -2.52. The second kappa shape index (κ2) is 14.4. The number of ether oxygens (including phenoxy) is 1. The van der Waals surface area contributed by atoms with E-state index in [1.165, 1.54) is 20.2 Å². The van der Waals surface area contributed by atoms with E-state index < -0.39 is 36.1 Å². The van der Waals surface area contributed by atoms with Gasteiger partial charge in [0.05, 0.1) is 36.1 Å². The number of imidazole rings is 2. The van der Waals surface area contributed by atoms with Crippen molar-refractivity contribution in [1.82, 2.24) is 40.0 Å². The van der Waals surface area contributed by atoms with Crippen LogP contribution < -0.4 is 5.32 Å². The number of likely N-dealkylation sites (N-methyl/N-ethyl adjacent to an activating group) is 1. The normalized spacial score (nSPS) is 24.4. The van der Waals surface area contributed by atoms with Crippen molar-refractivity contribution in [2.75, 3.05) is 14.2 Å². The van der Waals surface area contributed by atoms with Crippen LogP contribution in [0, 0.1) is 41.3 Å². The van der Waals surface area contributed by atoms with Crippen molar-refractivity contribution < 1.29 is 33.4 Å². The Labute approximate surface area is 341 Å². The number of nitrogens with one attached hydrogen (secondary N) is 3. The highest BCUT2D eigenvalue weighted by atomic mass is 19.1. The van der Waals surface area contributed by atoms with Gasteiger partial charge in [-0.2, -0.15) is 0 Å². The number of alkyl carbamates (subject to hydrolysis) is 1. The Morgan fingerprint density at radius 2 is 1.54 bits per heavy atom. The molecule has 2 aromatic heterocycles. The summed E-state index contributed by atoms with van der Waals surface area (Å²) in [5, 5.41) is 12.4. The second-order valence-electron chi connectivity index (χ2n) is 17.6. The zero-order valence-electron chi connectivity index (χ0n) is 34.0. The topological polar surface area (TPSA) is 177 Å². The minimum Gasteiger partial charge on any atom is -0.465 e. The zero-order valence-corrected chi connectivity index (χ0v) is 34.0. The van der Waals surface area contributed by atoms with E-state index in [1.807, 2.05) is 44.7 Å². The lowest BCUT2D eigenvalue weighted by Gasteiger charge is -2.35. The van der Waals surface area contributed by atoms with Crippen LogP contribution >= 0.6 is 0 Å². The third kappa shape index (κ3) is 6.76. The first-order chi connectivity index (χ1) is 28.2. The Bertz CT molecular complexity index is 2460. The van der Waals surface area contributed by atoms with Crippen LogP contribution in [0.15, 0.2) is 30.3 Å². The van der Waals surface area contributed by atoms with Crippen molar-refractivity contribution >= 4 is 35.0 Å². The number of hydrogen-bond acceptors (Lipinski definition) is 7. The molecule has 2 aromatic carbocycles. The molecule has 0 spiro atoms. The highest BCUT2D eigenvalue weighted by molar-refractivity contribution is 5.88. The number of benzene rings is 2. The number of methoxy groups -OCH3 is 1. The molecule has 15 heteroatoms. The third-order valence-corrected chi connectivity index (χ3v) is 13.1. The number of likely N-dealkylation sites (tertiary alicyclic amines) is 2. The number of aromatic nitrogens is 4. The van der Waals surface area contributed by atoms with E-state index in [0.29, 0.717) is 35.2 Å². The average molecular weight is 805 g/mol. The van der Waals surface area contributed by atoms with Crippen LogP contribution in [0.1, 0.15) is 99.5 Å². The number of amides is 4. The van der Waals surface area contributed by atoms with Gasteiger partial charge in [0.15, 0.2) is 5.82 Å². The number of fused-ring (bicyclic) bond motifs is 6. The number of hydrogen-bond donors (Lipinski definition) is 4. The van der Waals surface area contributed by atoms with E-state index in [-0.39, 0.29) is 47.3 Å². The number of rotatable bonds is 8. The molecule has 8 atom stereocenters. The molecule has 5 aliphatic rings. The van der Waals surface area contributed by atoms with E-state index in [0.717, 1.165) is 70.9 Å². The number of carbonyl (C=O) groups excluding carboxylic acids is 3. The molecule has 0 radical (unpaired) electrons. The predicted octanol–water partition coefficient (Wildman–Crippen LogP) is 5.93. The molecule has 4 heterocycles. The van der Waals surface area contributed by atoms with Gasteiger partial charge in [-0.3, -0.25) is 14.5 Å². The zero-order chi connectivity index (χ0) is 41.6. The van der Waals surface area contributed by atoms with E-state index in [2.05, 4.69) is 38.2 Å². The molecule has 308 valence electrons. The van der Waals surface area contributed by atoms with E-state index in [4.69, 9.17) is 9.72 Å². The van der Waals surface area contributed by atoms with Gasteiger partial charge < -0.3 is 34.9 Å². The molecular formula is C44H49FN8O6. The lowest BCUT2D eigenvalue weighted by atomic mass is 9.91. The summed E-state index contributed by atoms with van der Waals surface area (Å²) in [4.78, 5) is 73.0. The van der Waals surface area contributed by atoms with Gasteiger partial charge >= 0.3 is 12.2 Å². The molecule has 9 rings (SSSR count). The van der Waals surface area contributed by atoms with Gasteiger partial charge in [-0.15, -0.1) is 0 Å². The van der Waals surface area contributed by atoms with Crippen LogP contribution in [0.5, 0.6) is 0 Å². The average Bonchev–Trinajstić information content (AvgIpc) is 3.85. The van der Waals surface area contributed by atoms with Gasteiger partial charge in [0.1, 0.15) is 29.2 Å². The number of H-pyrrole nitrogens is 2. The van der Waals surface area contributed by atoms with Crippen LogP contribution in [0.25, 0.3) is 22.3 Å². The summed E-state index contributed by atoms with van der Waals surface area (Å²) in [6.45, 7) is 7.49. The number of carbonyl (C=O) groups is 4. The first kappa shape index (κ1) is 38.6. The molecule has 4 N–H and O–H groups in total. The van der Waals surface area contributed by atoms with E-state index >= 15 is 4.39 Å². The fraction of sp³-hybridized carbons (Fsp3) is 0.500. The molecule has 4 amide bonds. The number of carboxylic acid groups (broad SMARTS) is 1. The third-order valence-electron chi connectivity index (χ3n) is 13.1. The van der Waals surface area contributed by atoms with Crippen LogP contribution in [0.2, 0.25) is 0 Å². The molecule has 4 fully saturated rings. The first-order valence-corrected chi connectivity index (χ1v) is 20.6. The number of aryl methyl sites for hydroxylation is 2. The largest absolute Gasteiger partial charge is 0.465 e. The summed E-state index contributed by atoms with van der Waals surface area (Å²) < 4.78 is 20.4. The van der Waals surface area contributed by atoms with Gasteiger partial charge in [0.2, 0.25) is 11.8 Å². The van der Waals surface area contributed by atoms with Crippen molar-refractivity contribution in [3.63, 3.8) is 0 Å². The summed E-state index contributed by atoms with van der Waals surface area (Å²) >= 11 is 0. The smallest absolute Gasteiger partial charge is 0.407 e. The number of piperidine rings is 2. The molecule has 14 nitrogen and oxygen atoms in total. The second-order valence-corrected chi connectivity index (χ2v) is 17.6. The lowest BCUT2D eigenvalue weighted by molar-refractivity contribution is -0.140. The molecule has 2 aliphatic heterocycles. The number of halogens is 1. The van der Waals surface area contributed by atoms with Crippen molar-refractivity contribution in [2.45, 2.75) is 102 Å². The summed E-state index contributed by atoms with van der Waals surface area (Å²) in [5.74, 6) is 7.09. The maximum Gasteiger partial charge on any atom is 0.407 e. The van der Waals surface area contributed by atoms with Gasteiger partial charge in [0, 0.05) is 35.8 Å². The Kier molecular flexibility index (Phi) is 9.44. The van der Waals surface area contributed by atoms with Crippen LogP contribution in [0.3, 0.4) is 0 Å². The van der Waals surface area contributed by atoms with E-state index in [9.17, 15) is 24.3 Å². The molecule has 0 bridgehead atoms. The highest BCUT2D eigenvalue weighted by Crippen LogP contribution is 2.55. The molecule has 2 saturated heterocycles. The van der Waals surface area contributed by atoms with Crippen molar-refractivity contribution in [3.8, 4) is 23.1 Å². The van der Waals surface area contributed by atoms with Crippen molar-refractivity contribution in [2.24, 2.45) is 23.7 Å². The van der Waals surface area contributed by atoms with Gasteiger partial charge in [-0.25, -0.2) is 23.9 Å². The summed E-state index contributed by atoms with van der Waals surface area (Å²) in [5.41, 5.74) is 5.97. The standard InChI is InChI=1S/C44H49FN8O6/c1-20(2)35(50-43(56)59-6)41(54)52-31-16-25(31)18-33(52)39-46-29-12-10-24-13-22(9-11-27(24)36(29)48-39)7-8-23-14-28(45)37-30(15-23)47-40(49-37)34-19-26-17-32(26)53(34)42(55)38(21(3)4)51(5)44(57)58/h9,11,13-15,20-21,25-26,31-35,38H,10,12,16-19H2,1-6H3,(H,46,48)(H,47,49)(H,50,56)(H,57,58)/t25-,26+,31+,32+,33-,34-,35-,38-/m0/s1. The molecule has 59 heavy (non-hydrogen) atoms.